The Hall–Kier alpha value is -0.880. The van der Waals surface area contributed by atoms with Crippen LogP contribution in [0.1, 0.15) is 24.2 Å². The zero-order valence-corrected chi connectivity index (χ0v) is 12.9. The number of nitrogens with zero attached hydrogens (tertiary/aromatic N) is 2. The summed E-state index contributed by atoms with van der Waals surface area (Å²) in [6.45, 7) is 3.09. The lowest BCUT2D eigenvalue weighted by Crippen LogP contribution is -2.24. The lowest BCUT2D eigenvalue weighted by atomic mass is 10.0. The predicted octanol–water partition coefficient (Wildman–Crippen LogP) is 2.92. The van der Waals surface area contributed by atoms with Gasteiger partial charge >= 0.3 is 0 Å². The Bertz CT molecular complexity index is 490. The summed E-state index contributed by atoms with van der Waals surface area (Å²) >= 11 is 2.33. The molecular formula is C14H18IN3. The van der Waals surface area contributed by atoms with Crippen LogP contribution in [0.5, 0.6) is 0 Å². The first-order valence-electron chi connectivity index (χ1n) is 6.14. The number of benzene rings is 1. The molecule has 0 saturated carbocycles. The van der Waals surface area contributed by atoms with Crippen molar-refractivity contribution in [1.29, 1.82) is 0 Å². The molecule has 2 aromatic rings. The minimum atomic E-state index is 0.322. The minimum Gasteiger partial charge on any atom is -0.336 e. The van der Waals surface area contributed by atoms with Gasteiger partial charge in [-0.05, 0) is 53.3 Å². The van der Waals surface area contributed by atoms with E-state index in [9.17, 15) is 0 Å². The fraction of sp³-hybridized carbons (Fsp3) is 0.357. The molecule has 1 aromatic carbocycles. The SMILES string of the molecule is CCNC(Cc1ccc(I)cc1)c1cncn1C. The van der Waals surface area contributed by atoms with Gasteiger partial charge in [0.2, 0.25) is 0 Å². The van der Waals surface area contributed by atoms with E-state index in [4.69, 9.17) is 0 Å². The number of likely N-dealkylation sites (N-methyl/N-ethyl adjacent to an activating group) is 1. The van der Waals surface area contributed by atoms with E-state index >= 15 is 0 Å². The molecule has 0 aliphatic heterocycles. The van der Waals surface area contributed by atoms with Crippen LogP contribution in [0.3, 0.4) is 0 Å². The van der Waals surface area contributed by atoms with Crippen molar-refractivity contribution in [3.63, 3.8) is 0 Å². The van der Waals surface area contributed by atoms with Gasteiger partial charge in [-0.15, -0.1) is 0 Å². The number of imidazole rings is 1. The monoisotopic (exact) mass is 355 g/mol. The topological polar surface area (TPSA) is 29.9 Å². The number of aromatic nitrogens is 2. The largest absolute Gasteiger partial charge is 0.336 e. The summed E-state index contributed by atoms with van der Waals surface area (Å²) in [5, 5.41) is 3.53. The standard InChI is InChI=1S/C14H18IN3/c1-3-17-13(14-9-16-10-18(14)2)8-11-4-6-12(15)7-5-11/h4-7,9-10,13,17H,3,8H2,1-2H3. The van der Waals surface area contributed by atoms with Gasteiger partial charge in [0.25, 0.3) is 0 Å². The number of hydrogen-bond donors (Lipinski definition) is 1. The average molecular weight is 355 g/mol. The molecule has 0 amide bonds. The molecule has 1 unspecified atom stereocenters. The number of halogens is 1. The Balaban J connectivity index is 2.16. The Kier molecular flexibility index (Phi) is 4.77. The Morgan fingerprint density at radius 3 is 2.61 bits per heavy atom. The molecule has 18 heavy (non-hydrogen) atoms. The van der Waals surface area contributed by atoms with Crippen molar-refractivity contribution in [2.45, 2.75) is 19.4 Å². The third-order valence-corrected chi connectivity index (χ3v) is 3.73. The van der Waals surface area contributed by atoms with Crippen LogP contribution in [0.4, 0.5) is 0 Å². The minimum absolute atomic E-state index is 0.322. The summed E-state index contributed by atoms with van der Waals surface area (Å²) in [7, 11) is 2.04. The molecule has 0 bridgehead atoms. The molecule has 96 valence electrons. The van der Waals surface area contributed by atoms with E-state index in [1.54, 1.807) is 0 Å². The fourth-order valence-corrected chi connectivity index (χ4v) is 2.45. The van der Waals surface area contributed by atoms with Gasteiger partial charge < -0.3 is 9.88 Å². The van der Waals surface area contributed by atoms with Gasteiger partial charge in [0, 0.05) is 16.8 Å². The predicted molar refractivity (Wildman–Crippen MR) is 82.5 cm³/mol. The van der Waals surface area contributed by atoms with Crippen LogP contribution in [0.2, 0.25) is 0 Å². The highest BCUT2D eigenvalue weighted by atomic mass is 127. The maximum Gasteiger partial charge on any atom is 0.0946 e. The first-order chi connectivity index (χ1) is 8.70. The molecule has 0 spiro atoms. The van der Waals surface area contributed by atoms with Gasteiger partial charge in [0.1, 0.15) is 0 Å². The fourth-order valence-electron chi connectivity index (χ4n) is 2.09. The molecule has 0 aliphatic carbocycles. The van der Waals surface area contributed by atoms with Crippen molar-refractivity contribution in [1.82, 2.24) is 14.9 Å². The quantitative estimate of drug-likeness (QED) is 0.836. The number of aryl methyl sites for hydroxylation is 1. The highest BCUT2D eigenvalue weighted by molar-refractivity contribution is 14.1. The van der Waals surface area contributed by atoms with Crippen molar-refractivity contribution < 1.29 is 0 Å². The molecule has 4 heteroatoms. The van der Waals surface area contributed by atoms with E-state index in [-0.39, 0.29) is 0 Å². The van der Waals surface area contributed by atoms with Crippen molar-refractivity contribution in [3.05, 3.63) is 51.6 Å². The Morgan fingerprint density at radius 1 is 1.33 bits per heavy atom. The van der Waals surface area contributed by atoms with Gasteiger partial charge in [-0.25, -0.2) is 4.98 Å². The summed E-state index contributed by atoms with van der Waals surface area (Å²) in [5.74, 6) is 0. The van der Waals surface area contributed by atoms with Gasteiger partial charge in [-0.2, -0.15) is 0 Å². The number of hydrogen-bond acceptors (Lipinski definition) is 2. The smallest absolute Gasteiger partial charge is 0.0946 e. The number of nitrogens with one attached hydrogen (secondary N) is 1. The van der Waals surface area contributed by atoms with Crippen molar-refractivity contribution in [2.75, 3.05) is 6.54 Å². The molecule has 1 aromatic heterocycles. The van der Waals surface area contributed by atoms with E-state index in [1.807, 2.05) is 19.6 Å². The van der Waals surface area contributed by atoms with E-state index in [2.05, 4.69) is 68.6 Å². The van der Waals surface area contributed by atoms with Gasteiger partial charge in [0.05, 0.1) is 18.1 Å². The van der Waals surface area contributed by atoms with Crippen molar-refractivity contribution in [3.8, 4) is 0 Å². The highest BCUT2D eigenvalue weighted by Crippen LogP contribution is 2.18. The third-order valence-electron chi connectivity index (χ3n) is 3.01. The average Bonchev–Trinajstić information content (AvgIpc) is 2.78. The molecule has 1 atom stereocenters. The van der Waals surface area contributed by atoms with Crippen LogP contribution >= 0.6 is 22.6 Å². The van der Waals surface area contributed by atoms with Crippen LogP contribution in [0.15, 0.2) is 36.8 Å². The summed E-state index contributed by atoms with van der Waals surface area (Å²) in [4.78, 5) is 4.20. The molecular weight excluding hydrogens is 337 g/mol. The van der Waals surface area contributed by atoms with Crippen LogP contribution < -0.4 is 5.32 Å². The lowest BCUT2D eigenvalue weighted by molar-refractivity contribution is 0.520. The summed E-state index contributed by atoms with van der Waals surface area (Å²) in [6, 6.07) is 9.03. The second-order valence-electron chi connectivity index (χ2n) is 4.37. The van der Waals surface area contributed by atoms with Crippen molar-refractivity contribution >= 4 is 22.6 Å². The second-order valence-corrected chi connectivity index (χ2v) is 5.62. The molecule has 2 rings (SSSR count). The first-order valence-corrected chi connectivity index (χ1v) is 7.22. The van der Waals surface area contributed by atoms with E-state index in [1.165, 1.54) is 14.8 Å². The Labute approximate surface area is 122 Å². The number of rotatable bonds is 5. The molecule has 1 heterocycles. The molecule has 0 fully saturated rings. The molecule has 0 aliphatic rings. The highest BCUT2D eigenvalue weighted by Gasteiger charge is 2.14. The zero-order chi connectivity index (χ0) is 13.0. The Morgan fingerprint density at radius 2 is 2.06 bits per heavy atom. The molecule has 0 radical (unpaired) electrons. The van der Waals surface area contributed by atoms with Crippen molar-refractivity contribution in [2.24, 2.45) is 7.05 Å². The maximum atomic E-state index is 4.20. The van der Waals surface area contributed by atoms with E-state index < -0.39 is 0 Å². The summed E-state index contributed by atoms with van der Waals surface area (Å²) in [6.07, 6.45) is 4.79. The van der Waals surface area contributed by atoms with Crippen LogP contribution in [-0.2, 0) is 13.5 Å². The summed E-state index contributed by atoms with van der Waals surface area (Å²) < 4.78 is 3.36. The van der Waals surface area contributed by atoms with Crippen LogP contribution in [-0.4, -0.2) is 16.1 Å². The van der Waals surface area contributed by atoms with Crippen LogP contribution in [0.25, 0.3) is 0 Å². The molecule has 1 N–H and O–H groups in total. The van der Waals surface area contributed by atoms with Gasteiger partial charge in [-0.3, -0.25) is 0 Å². The zero-order valence-electron chi connectivity index (χ0n) is 10.7. The lowest BCUT2D eigenvalue weighted by Gasteiger charge is -2.18. The summed E-state index contributed by atoms with van der Waals surface area (Å²) in [5.41, 5.74) is 2.58. The third kappa shape index (κ3) is 3.32. The molecule has 3 nitrogen and oxygen atoms in total. The maximum absolute atomic E-state index is 4.20. The first kappa shape index (κ1) is 13.5. The molecule has 0 saturated heterocycles. The van der Waals surface area contributed by atoms with Gasteiger partial charge in [-0.1, -0.05) is 19.1 Å². The van der Waals surface area contributed by atoms with Crippen LogP contribution in [0, 0.1) is 3.57 Å². The normalized spacial score (nSPS) is 12.6. The second kappa shape index (κ2) is 6.33. The van der Waals surface area contributed by atoms with Gasteiger partial charge in [0.15, 0.2) is 0 Å². The van der Waals surface area contributed by atoms with E-state index in [0.29, 0.717) is 6.04 Å². The van der Waals surface area contributed by atoms with E-state index in [0.717, 1.165) is 13.0 Å².